The summed E-state index contributed by atoms with van der Waals surface area (Å²) < 4.78 is 5.43. The summed E-state index contributed by atoms with van der Waals surface area (Å²) in [5.41, 5.74) is 1.02. The molecule has 0 saturated carbocycles. The Labute approximate surface area is 139 Å². The van der Waals surface area contributed by atoms with Crippen molar-refractivity contribution in [3.63, 3.8) is 0 Å². The monoisotopic (exact) mass is 324 g/mol. The smallest absolute Gasteiger partial charge is 0.309 e. The molecule has 2 rings (SSSR count). The van der Waals surface area contributed by atoms with E-state index in [1.165, 1.54) is 10.4 Å². The minimum atomic E-state index is -1.82. The van der Waals surface area contributed by atoms with Crippen LogP contribution in [0.2, 0.25) is 13.1 Å². The Morgan fingerprint density at radius 3 is 2.13 bits per heavy atom. The van der Waals surface area contributed by atoms with E-state index in [1.807, 2.05) is 43.3 Å². The van der Waals surface area contributed by atoms with Gasteiger partial charge in [-0.15, -0.1) is 0 Å². The average Bonchev–Trinajstić information content (AvgIpc) is 2.59. The molecule has 0 atom stereocenters. The maximum Gasteiger partial charge on any atom is 0.309 e. The Kier molecular flexibility index (Phi) is 5.94. The fourth-order valence-electron chi connectivity index (χ4n) is 2.67. The second-order valence-electron chi connectivity index (χ2n) is 6.13. The molecule has 0 spiro atoms. The first-order chi connectivity index (χ1) is 11.0. The fourth-order valence-corrected chi connectivity index (χ4v) is 5.37. The summed E-state index contributed by atoms with van der Waals surface area (Å²) in [5, 5.41) is 2.55. The Morgan fingerprint density at radius 2 is 1.57 bits per heavy atom. The Morgan fingerprint density at radius 1 is 1.00 bits per heavy atom. The molecule has 0 heterocycles. The number of carbonyl (C=O) groups is 1. The van der Waals surface area contributed by atoms with E-state index in [1.54, 1.807) is 0 Å². The first-order valence-electron chi connectivity index (χ1n) is 7.94. The molecular formula is C20H24O2Si. The predicted octanol–water partition coefficient (Wildman–Crippen LogP) is 4.22. The molecule has 0 fully saturated rings. The van der Waals surface area contributed by atoms with Gasteiger partial charge in [-0.2, -0.15) is 0 Å². The summed E-state index contributed by atoms with van der Waals surface area (Å²) in [5.74, 6) is -0.154. The highest BCUT2D eigenvalue weighted by Crippen LogP contribution is 2.19. The molecule has 2 nitrogen and oxygen atoms in total. The molecule has 0 unspecified atom stereocenters. The Bertz CT molecular complexity index is 661. The molecule has 0 aliphatic carbocycles. The van der Waals surface area contributed by atoms with Crippen LogP contribution in [0.5, 0.6) is 0 Å². The molecule has 0 aliphatic rings. The molecule has 23 heavy (non-hydrogen) atoms. The van der Waals surface area contributed by atoms with Crippen molar-refractivity contribution in [2.45, 2.75) is 33.0 Å². The molecule has 2 aromatic carbocycles. The zero-order chi connectivity index (χ0) is 16.7. The molecule has 0 radical (unpaired) electrons. The lowest BCUT2D eigenvalue weighted by Crippen LogP contribution is -2.44. The summed E-state index contributed by atoms with van der Waals surface area (Å²) in [6.45, 7) is 6.91. The van der Waals surface area contributed by atoms with Gasteiger partial charge in [0, 0.05) is 0 Å². The Hall–Kier alpha value is -2.13. The lowest BCUT2D eigenvalue weighted by molar-refractivity contribution is -0.144. The van der Waals surface area contributed by atoms with Crippen molar-refractivity contribution in [2.24, 2.45) is 0 Å². The molecule has 0 aromatic heterocycles. The summed E-state index contributed by atoms with van der Waals surface area (Å²) in [6.07, 6.45) is 2.46. The molecule has 0 N–H and O–H groups in total. The second-order valence-corrected chi connectivity index (χ2v) is 10.6. The lowest BCUT2D eigenvalue weighted by Gasteiger charge is -2.26. The van der Waals surface area contributed by atoms with E-state index in [2.05, 4.69) is 43.4 Å². The van der Waals surface area contributed by atoms with E-state index >= 15 is 0 Å². The SMILES string of the molecule is C/C=C(\CC(=O)OCc1ccccc1)[Si](C)(C)c1ccccc1. The van der Waals surface area contributed by atoms with Crippen LogP contribution in [-0.4, -0.2) is 14.0 Å². The van der Waals surface area contributed by atoms with Gasteiger partial charge in [0.05, 0.1) is 6.42 Å². The third kappa shape index (κ3) is 4.67. The molecular weight excluding hydrogens is 300 g/mol. The third-order valence-electron chi connectivity index (χ3n) is 4.22. The molecule has 0 bridgehead atoms. The van der Waals surface area contributed by atoms with E-state index in [9.17, 15) is 4.79 Å². The second kappa shape index (κ2) is 7.93. The first-order valence-corrected chi connectivity index (χ1v) is 10.9. The van der Waals surface area contributed by atoms with Crippen LogP contribution in [0.4, 0.5) is 0 Å². The number of hydrogen-bond acceptors (Lipinski definition) is 2. The van der Waals surface area contributed by atoms with Gasteiger partial charge in [-0.1, -0.05) is 90.2 Å². The standard InChI is InChI=1S/C20H24O2Si/c1-4-18(23(2,3)19-13-9-6-10-14-19)15-20(21)22-16-17-11-7-5-8-12-17/h4-14H,15-16H2,1-3H3/b18-4+. The van der Waals surface area contributed by atoms with Crippen molar-refractivity contribution in [1.82, 2.24) is 0 Å². The van der Waals surface area contributed by atoms with E-state index in [4.69, 9.17) is 4.74 Å². The van der Waals surface area contributed by atoms with Crippen molar-refractivity contribution in [3.05, 3.63) is 77.5 Å². The summed E-state index contributed by atoms with van der Waals surface area (Å²) >= 11 is 0. The summed E-state index contributed by atoms with van der Waals surface area (Å²) in [4.78, 5) is 12.2. The van der Waals surface area contributed by atoms with E-state index in [0.29, 0.717) is 13.0 Å². The van der Waals surface area contributed by atoms with Crippen molar-refractivity contribution in [3.8, 4) is 0 Å². The number of carbonyl (C=O) groups excluding carboxylic acids is 1. The van der Waals surface area contributed by atoms with Crippen LogP contribution in [0.3, 0.4) is 0 Å². The highest BCUT2D eigenvalue weighted by molar-refractivity contribution is 6.95. The zero-order valence-corrected chi connectivity index (χ0v) is 15.1. The topological polar surface area (TPSA) is 26.3 Å². The first kappa shape index (κ1) is 17.2. The van der Waals surface area contributed by atoms with Crippen molar-refractivity contribution in [1.29, 1.82) is 0 Å². The van der Waals surface area contributed by atoms with Gasteiger partial charge in [-0.25, -0.2) is 0 Å². The molecule has 0 saturated heterocycles. The van der Waals surface area contributed by atoms with Gasteiger partial charge >= 0.3 is 5.97 Å². The highest BCUT2D eigenvalue weighted by atomic mass is 28.3. The zero-order valence-electron chi connectivity index (χ0n) is 14.1. The van der Waals surface area contributed by atoms with E-state index < -0.39 is 8.07 Å². The van der Waals surface area contributed by atoms with Crippen molar-refractivity contribution >= 4 is 19.2 Å². The van der Waals surface area contributed by atoms with Gasteiger partial charge in [0.15, 0.2) is 0 Å². The highest BCUT2D eigenvalue weighted by Gasteiger charge is 2.29. The molecule has 3 heteroatoms. The molecule has 2 aromatic rings. The number of benzene rings is 2. The normalized spacial score (nSPS) is 12.0. The number of ether oxygens (including phenoxy) is 1. The number of hydrogen-bond donors (Lipinski definition) is 0. The summed E-state index contributed by atoms with van der Waals surface area (Å²) in [6, 6.07) is 20.2. The predicted molar refractivity (Wildman–Crippen MR) is 98.2 cm³/mol. The van der Waals surface area contributed by atoms with E-state index in [0.717, 1.165) is 5.56 Å². The van der Waals surface area contributed by atoms with Gasteiger partial charge in [-0.05, 0) is 12.5 Å². The van der Waals surface area contributed by atoms with Crippen molar-refractivity contribution < 1.29 is 9.53 Å². The van der Waals surface area contributed by atoms with Crippen LogP contribution in [0.25, 0.3) is 0 Å². The number of allylic oxidation sites excluding steroid dienone is 1. The van der Waals surface area contributed by atoms with Crippen LogP contribution < -0.4 is 5.19 Å². The molecule has 120 valence electrons. The molecule has 0 amide bonds. The largest absolute Gasteiger partial charge is 0.461 e. The van der Waals surface area contributed by atoms with Crippen LogP contribution in [0, 0.1) is 0 Å². The summed E-state index contributed by atoms with van der Waals surface area (Å²) in [7, 11) is -1.82. The minimum absolute atomic E-state index is 0.154. The third-order valence-corrected chi connectivity index (χ3v) is 8.07. The fraction of sp³-hybridized carbons (Fsp3) is 0.250. The molecule has 0 aliphatic heterocycles. The minimum Gasteiger partial charge on any atom is -0.461 e. The number of rotatable bonds is 6. The van der Waals surface area contributed by atoms with Gasteiger partial charge in [0.25, 0.3) is 0 Å². The van der Waals surface area contributed by atoms with Gasteiger partial charge in [0.2, 0.25) is 0 Å². The van der Waals surface area contributed by atoms with Crippen molar-refractivity contribution in [2.75, 3.05) is 0 Å². The van der Waals surface area contributed by atoms with Crippen LogP contribution in [0.1, 0.15) is 18.9 Å². The van der Waals surface area contributed by atoms with Crippen LogP contribution >= 0.6 is 0 Å². The van der Waals surface area contributed by atoms with E-state index in [-0.39, 0.29) is 5.97 Å². The number of esters is 1. The van der Waals surface area contributed by atoms with Crippen LogP contribution in [0.15, 0.2) is 71.9 Å². The average molecular weight is 324 g/mol. The van der Waals surface area contributed by atoms with Crippen LogP contribution in [-0.2, 0) is 16.1 Å². The Balaban J connectivity index is 2.00. The van der Waals surface area contributed by atoms with Gasteiger partial charge in [0.1, 0.15) is 14.7 Å². The maximum atomic E-state index is 12.2. The van der Waals surface area contributed by atoms with Gasteiger partial charge < -0.3 is 4.74 Å². The lowest BCUT2D eigenvalue weighted by atomic mass is 10.2. The van der Waals surface area contributed by atoms with Gasteiger partial charge in [-0.3, -0.25) is 4.79 Å². The maximum absolute atomic E-state index is 12.2. The quantitative estimate of drug-likeness (QED) is 0.587.